The quantitative estimate of drug-likeness (QED) is 0.362. The summed E-state index contributed by atoms with van der Waals surface area (Å²) in [6.07, 6.45) is 5.11. The van der Waals surface area contributed by atoms with Crippen LogP contribution in [0.2, 0.25) is 0 Å². The lowest BCUT2D eigenvalue weighted by Crippen LogP contribution is -2.22. The summed E-state index contributed by atoms with van der Waals surface area (Å²) in [5.74, 6) is 0. The van der Waals surface area contributed by atoms with E-state index in [9.17, 15) is 5.21 Å². The van der Waals surface area contributed by atoms with Crippen molar-refractivity contribution in [2.24, 2.45) is 4.99 Å². The Bertz CT molecular complexity index is 545. The van der Waals surface area contributed by atoms with Gasteiger partial charge in [-0.25, -0.2) is 9.97 Å². The van der Waals surface area contributed by atoms with Crippen LogP contribution >= 0.6 is 0 Å². The summed E-state index contributed by atoms with van der Waals surface area (Å²) < 4.78 is 0.696. The standard InChI is InChI=1S/C7H6N6O/c8-4-11-7-12-6-5(3-13(7)14)9-1-2-10-6/h1-4,8,14H. The van der Waals surface area contributed by atoms with Gasteiger partial charge in [0, 0.05) is 12.4 Å². The van der Waals surface area contributed by atoms with Crippen LogP contribution in [0.25, 0.3) is 11.2 Å². The van der Waals surface area contributed by atoms with Crippen LogP contribution in [0.4, 0.5) is 0 Å². The predicted octanol–water partition coefficient (Wildman–Crippen LogP) is -0.429. The van der Waals surface area contributed by atoms with Crippen molar-refractivity contribution in [2.75, 3.05) is 0 Å². The Hall–Kier alpha value is -2.31. The first-order chi connectivity index (χ1) is 6.81. The highest BCUT2D eigenvalue weighted by Crippen LogP contribution is 1.98. The predicted molar refractivity (Wildman–Crippen MR) is 46.9 cm³/mol. The Balaban J connectivity index is 2.84. The highest BCUT2D eigenvalue weighted by atomic mass is 16.5. The van der Waals surface area contributed by atoms with Crippen LogP contribution < -0.4 is 5.62 Å². The molecule has 0 radical (unpaired) electrons. The molecule has 0 saturated carbocycles. The molecule has 0 unspecified atom stereocenters. The molecule has 70 valence electrons. The first-order valence-corrected chi connectivity index (χ1v) is 3.74. The third-order valence-corrected chi connectivity index (χ3v) is 1.54. The monoisotopic (exact) mass is 190 g/mol. The molecule has 0 atom stereocenters. The summed E-state index contributed by atoms with van der Waals surface area (Å²) in [5.41, 5.74) is 0.824. The van der Waals surface area contributed by atoms with Gasteiger partial charge in [-0.1, -0.05) is 0 Å². The van der Waals surface area contributed by atoms with E-state index < -0.39 is 0 Å². The van der Waals surface area contributed by atoms with Crippen molar-refractivity contribution in [1.82, 2.24) is 19.7 Å². The van der Waals surface area contributed by atoms with Crippen LogP contribution in [0.15, 0.2) is 23.6 Å². The molecule has 2 aromatic rings. The maximum Gasteiger partial charge on any atom is 0.266 e. The molecule has 2 N–H and O–H groups in total. The van der Waals surface area contributed by atoms with Crippen molar-refractivity contribution in [3.05, 3.63) is 24.2 Å². The number of nitrogens with zero attached hydrogens (tertiary/aromatic N) is 5. The first-order valence-electron chi connectivity index (χ1n) is 3.74. The third-order valence-electron chi connectivity index (χ3n) is 1.54. The van der Waals surface area contributed by atoms with Gasteiger partial charge in [-0.15, -0.1) is 0 Å². The average Bonchev–Trinajstić information content (AvgIpc) is 2.19. The van der Waals surface area contributed by atoms with Crippen molar-refractivity contribution in [3.8, 4) is 0 Å². The number of hydrogen-bond donors (Lipinski definition) is 2. The Morgan fingerprint density at radius 3 is 3.00 bits per heavy atom. The molecule has 0 bridgehead atoms. The van der Waals surface area contributed by atoms with Crippen molar-refractivity contribution < 1.29 is 5.21 Å². The summed E-state index contributed by atoms with van der Waals surface area (Å²) in [6.45, 7) is 0. The van der Waals surface area contributed by atoms with Crippen LogP contribution in [-0.2, 0) is 0 Å². The lowest BCUT2D eigenvalue weighted by molar-refractivity contribution is 0.169. The average molecular weight is 190 g/mol. The molecule has 2 heterocycles. The Kier molecular flexibility index (Phi) is 1.90. The zero-order chi connectivity index (χ0) is 9.97. The van der Waals surface area contributed by atoms with Crippen LogP contribution in [0.5, 0.6) is 0 Å². The maximum absolute atomic E-state index is 9.33. The number of rotatable bonds is 1. The zero-order valence-corrected chi connectivity index (χ0v) is 6.99. The Morgan fingerprint density at radius 1 is 1.43 bits per heavy atom. The summed E-state index contributed by atoms with van der Waals surface area (Å²) in [4.78, 5) is 15.3. The second kappa shape index (κ2) is 3.21. The normalized spacial score (nSPS) is 11.9. The Morgan fingerprint density at radius 2 is 2.21 bits per heavy atom. The van der Waals surface area contributed by atoms with E-state index in [1.165, 1.54) is 18.6 Å². The first kappa shape index (κ1) is 8.30. The van der Waals surface area contributed by atoms with Gasteiger partial charge in [0.15, 0.2) is 5.65 Å². The maximum atomic E-state index is 9.33. The van der Waals surface area contributed by atoms with Crippen molar-refractivity contribution in [1.29, 1.82) is 5.41 Å². The van der Waals surface area contributed by atoms with Crippen LogP contribution in [0.3, 0.4) is 0 Å². The fourth-order valence-corrected chi connectivity index (χ4v) is 0.984. The van der Waals surface area contributed by atoms with Gasteiger partial charge in [0.2, 0.25) is 0 Å². The van der Waals surface area contributed by atoms with Gasteiger partial charge in [-0.05, 0) is 0 Å². The van der Waals surface area contributed by atoms with E-state index in [4.69, 9.17) is 5.41 Å². The summed E-state index contributed by atoms with van der Waals surface area (Å²) >= 11 is 0. The number of aromatic nitrogens is 4. The van der Waals surface area contributed by atoms with Gasteiger partial charge in [0.1, 0.15) is 11.9 Å². The fourth-order valence-electron chi connectivity index (χ4n) is 0.984. The molecule has 0 aliphatic rings. The van der Waals surface area contributed by atoms with Crippen molar-refractivity contribution in [2.45, 2.75) is 0 Å². The van der Waals surface area contributed by atoms with Gasteiger partial charge in [0.05, 0.1) is 6.20 Å². The van der Waals surface area contributed by atoms with Gasteiger partial charge < -0.3 is 5.21 Å². The number of hydrogen-bond acceptors (Lipinski definition) is 5. The minimum absolute atomic E-state index is 0.00648. The van der Waals surface area contributed by atoms with Crippen LogP contribution in [-0.4, -0.2) is 31.2 Å². The molecule has 0 amide bonds. The molecule has 14 heavy (non-hydrogen) atoms. The molecular formula is C7H6N6O. The highest BCUT2D eigenvalue weighted by molar-refractivity contribution is 5.67. The molecule has 7 nitrogen and oxygen atoms in total. The van der Waals surface area contributed by atoms with Crippen molar-refractivity contribution >= 4 is 17.5 Å². The molecule has 0 aliphatic heterocycles. The minimum Gasteiger partial charge on any atom is -0.425 e. The van der Waals surface area contributed by atoms with Crippen LogP contribution in [0, 0.1) is 5.41 Å². The lowest BCUT2D eigenvalue weighted by atomic mass is 10.5. The zero-order valence-electron chi connectivity index (χ0n) is 6.99. The second-order valence-corrected chi connectivity index (χ2v) is 2.41. The van der Waals surface area contributed by atoms with E-state index in [1.54, 1.807) is 0 Å². The molecule has 7 heteroatoms. The SMILES string of the molecule is N=CN=c1nc2nccnc2cn1O. The van der Waals surface area contributed by atoms with E-state index >= 15 is 0 Å². The molecule has 2 aromatic heterocycles. The molecule has 2 rings (SSSR count). The molecular weight excluding hydrogens is 184 g/mol. The van der Waals surface area contributed by atoms with E-state index in [1.807, 2.05) is 0 Å². The summed E-state index contributed by atoms with van der Waals surface area (Å²) in [7, 11) is 0. The molecule has 0 fully saturated rings. The Labute approximate surface area is 77.9 Å². The lowest BCUT2D eigenvalue weighted by Gasteiger charge is -1.98. The largest absolute Gasteiger partial charge is 0.425 e. The van der Waals surface area contributed by atoms with Gasteiger partial charge in [-0.3, -0.25) is 5.41 Å². The fraction of sp³-hybridized carbons (Fsp3) is 0. The van der Waals surface area contributed by atoms with Gasteiger partial charge >= 0.3 is 0 Å². The minimum atomic E-state index is -0.00648. The molecule has 0 aliphatic carbocycles. The van der Waals surface area contributed by atoms with E-state index in [2.05, 4.69) is 19.9 Å². The summed E-state index contributed by atoms with van der Waals surface area (Å²) in [6, 6.07) is 0. The van der Waals surface area contributed by atoms with E-state index in [0.717, 1.165) is 6.34 Å². The summed E-state index contributed by atoms with van der Waals surface area (Å²) in [5, 5.41) is 16.1. The number of fused-ring (bicyclic) bond motifs is 1. The van der Waals surface area contributed by atoms with Crippen LogP contribution in [0.1, 0.15) is 0 Å². The third kappa shape index (κ3) is 1.30. The van der Waals surface area contributed by atoms with Gasteiger partial charge in [0.25, 0.3) is 5.62 Å². The van der Waals surface area contributed by atoms with E-state index in [0.29, 0.717) is 15.9 Å². The molecule has 0 saturated heterocycles. The highest BCUT2D eigenvalue weighted by Gasteiger charge is 1.99. The van der Waals surface area contributed by atoms with Gasteiger partial charge in [-0.2, -0.15) is 14.7 Å². The topological polar surface area (TPSA) is 100 Å². The second-order valence-electron chi connectivity index (χ2n) is 2.41. The smallest absolute Gasteiger partial charge is 0.266 e. The van der Waals surface area contributed by atoms with E-state index in [-0.39, 0.29) is 5.62 Å². The molecule has 0 spiro atoms. The number of nitrogens with one attached hydrogen (secondary N) is 1. The molecule has 0 aromatic carbocycles. The van der Waals surface area contributed by atoms with Crippen molar-refractivity contribution in [3.63, 3.8) is 0 Å².